The van der Waals surface area contributed by atoms with Crippen molar-refractivity contribution in [2.24, 2.45) is 0 Å². The number of benzene rings is 1. The molecule has 0 aliphatic heterocycles. The largest absolute Gasteiger partial charge is 0.416 e. The fourth-order valence-corrected chi connectivity index (χ4v) is 3.62. The topological polar surface area (TPSA) is 12.0 Å². The summed E-state index contributed by atoms with van der Waals surface area (Å²) in [5.74, 6) is 0. The average molecular weight is 385 g/mol. The molecule has 7 heteroatoms. The van der Waals surface area contributed by atoms with Crippen LogP contribution in [0.15, 0.2) is 34.1 Å². The van der Waals surface area contributed by atoms with Crippen LogP contribution in [0.2, 0.25) is 5.02 Å². The zero-order chi connectivity index (χ0) is 14.9. The van der Waals surface area contributed by atoms with E-state index in [4.69, 9.17) is 11.6 Å². The minimum absolute atomic E-state index is 0.160. The Labute approximate surface area is 131 Å². The van der Waals surface area contributed by atoms with E-state index in [0.717, 1.165) is 6.07 Å². The van der Waals surface area contributed by atoms with E-state index in [1.54, 1.807) is 24.6 Å². The Morgan fingerprint density at radius 2 is 2.00 bits per heavy atom. The molecule has 1 N–H and O–H groups in total. The van der Waals surface area contributed by atoms with Crippen LogP contribution in [-0.4, -0.2) is 7.05 Å². The Kier molecular flexibility index (Phi) is 4.79. The number of thiophene rings is 1. The number of hydrogen-bond acceptors (Lipinski definition) is 2. The SMILES string of the molecule is CNC(c1ccc(Br)cc1C(F)(F)F)c1sccc1Cl. The Hall–Kier alpha value is -0.560. The highest BCUT2D eigenvalue weighted by Crippen LogP contribution is 2.40. The first-order valence-corrected chi connectivity index (χ1v) is 7.66. The Morgan fingerprint density at radius 1 is 1.30 bits per heavy atom. The molecule has 2 rings (SSSR count). The van der Waals surface area contributed by atoms with E-state index in [9.17, 15) is 13.2 Å². The van der Waals surface area contributed by atoms with Gasteiger partial charge in [-0.25, -0.2) is 0 Å². The van der Waals surface area contributed by atoms with Crippen molar-refractivity contribution in [1.82, 2.24) is 5.32 Å². The lowest BCUT2D eigenvalue weighted by Crippen LogP contribution is -2.21. The summed E-state index contributed by atoms with van der Waals surface area (Å²) in [6.45, 7) is 0. The molecule has 108 valence electrons. The molecule has 1 atom stereocenters. The molecule has 0 saturated carbocycles. The molecule has 0 amide bonds. The van der Waals surface area contributed by atoms with Gasteiger partial charge in [0.1, 0.15) is 0 Å². The Morgan fingerprint density at radius 3 is 2.50 bits per heavy atom. The molecule has 20 heavy (non-hydrogen) atoms. The predicted octanol–water partition coefficient (Wildman–Crippen LogP) is 5.49. The zero-order valence-corrected chi connectivity index (χ0v) is 13.4. The third-order valence-corrected chi connectivity index (χ3v) is 4.74. The monoisotopic (exact) mass is 383 g/mol. The van der Waals surface area contributed by atoms with E-state index in [1.807, 2.05) is 0 Å². The highest BCUT2D eigenvalue weighted by Gasteiger charge is 2.36. The van der Waals surface area contributed by atoms with Crippen molar-refractivity contribution in [3.8, 4) is 0 Å². The maximum Gasteiger partial charge on any atom is 0.416 e. The molecule has 1 unspecified atom stereocenters. The van der Waals surface area contributed by atoms with Crippen molar-refractivity contribution in [2.45, 2.75) is 12.2 Å². The molecule has 0 aliphatic rings. The first-order chi connectivity index (χ1) is 9.34. The quantitative estimate of drug-likeness (QED) is 0.737. The third kappa shape index (κ3) is 3.19. The summed E-state index contributed by atoms with van der Waals surface area (Å²) in [6, 6.07) is 5.23. The summed E-state index contributed by atoms with van der Waals surface area (Å²) in [5, 5.41) is 5.13. The molecule has 1 nitrogen and oxygen atoms in total. The van der Waals surface area contributed by atoms with Gasteiger partial charge in [0.15, 0.2) is 0 Å². The summed E-state index contributed by atoms with van der Waals surface area (Å²) in [6.07, 6.45) is -4.42. The van der Waals surface area contributed by atoms with E-state index in [-0.39, 0.29) is 5.56 Å². The summed E-state index contributed by atoms with van der Waals surface area (Å²) in [7, 11) is 1.61. The molecule has 0 aliphatic carbocycles. The van der Waals surface area contributed by atoms with Crippen LogP contribution < -0.4 is 5.32 Å². The van der Waals surface area contributed by atoms with E-state index >= 15 is 0 Å². The molecular formula is C13H10BrClF3NS. The molecule has 2 aromatic rings. The van der Waals surface area contributed by atoms with Gasteiger partial charge in [-0.1, -0.05) is 33.6 Å². The van der Waals surface area contributed by atoms with E-state index in [2.05, 4.69) is 21.2 Å². The van der Waals surface area contributed by atoms with Gasteiger partial charge in [0.2, 0.25) is 0 Å². The van der Waals surface area contributed by atoms with Crippen molar-refractivity contribution in [2.75, 3.05) is 7.05 Å². The molecule has 1 aromatic heterocycles. The normalized spacial score (nSPS) is 13.5. The maximum absolute atomic E-state index is 13.2. The number of halogens is 5. The fraction of sp³-hybridized carbons (Fsp3) is 0.231. The first-order valence-electron chi connectivity index (χ1n) is 5.61. The van der Waals surface area contributed by atoms with Crippen LogP contribution in [0, 0.1) is 0 Å². The van der Waals surface area contributed by atoms with Crippen LogP contribution in [0.25, 0.3) is 0 Å². The molecule has 0 spiro atoms. The average Bonchev–Trinajstić information content (AvgIpc) is 2.77. The second-order valence-corrected chi connectivity index (χ2v) is 6.35. The number of nitrogens with one attached hydrogen (secondary N) is 1. The first kappa shape index (κ1) is 15.8. The molecular weight excluding hydrogens is 375 g/mol. The van der Waals surface area contributed by atoms with Crippen molar-refractivity contribution < 1.29 is 13.2 Å². The van der Waals surface area contributed by atoms with Gasteiger partial charge in [0.25, 0.3) is 0 Å². The van der Waals surface area contributed by atoms with E-state index < -0.39 is 17.8 Å². The van der Waals surface area contributed by atoms with Gasteiger partial charge in [-0.3, -0.25) is 0 Å². The summed E-state index contributed by atoms with van der Waals surface area (Å²) < 4.78 is 40.0. The second-order valence-electron chi connectivity index (χ2n) is 4.08. The minimum Gasteiger partial charge on any atom is -0.309 e. The van der Waals surface area contributed by atoms with E-state index in [1.165, 1.54) is 17.4 Å². The standard InChI is InChI=1S/C13H10BrClF3NS/c1-19-11(12-10(15)4-5-20-12)8-3-2-7(14)6-9(8)13(16,17)18/h2-6,11,19H,1H3. The smallest absolute Gasteiger partial charge is 0.309 e. The van der Waals surface area contributed by atoms with Crippen LogP contribution in [0.4, 0.5) is 13.2 Å². The maximum atomic E-state index is 13.2. The summed E-state index contributed by atoms with van der Waals surface area (Å²) in [4.78, 5) is 0.669. The lowest BCUT2D eigenvalue weighted by Gasteiger charge is -2.21. The second kappa shape index (κ2) is 6.05. The van der Waals surface area contributed by atoms with Gasteiger partial charge >= 0.3 is 6.18 Å². The van der Waals surface area contributed by atoms with Crippen LogP contribution in [0.5, 0.6) is 0 Å². The Bertz CT molecular complexity index is 612. The van der Waals surface area contributed by atoms with Crippen LogP contribution in [0.1, 0.15) is 22.0 Å². The van der Waals surface area contributed by atoms with Crippen LogP contribution in [-0.2, 0) is 6.18 Å². The van der Waals surface area contributed by atoms with Gasteiger partial charge in [0.05, 0.1) is 16.6 Å². The summed E-state index contributed by atoms with van der Waals surface area (Å²) in [5.41, 5.74) is -0.511. The minimum atomic E-state index is -4.42. The van der Waals surface area contributed by atoms with Crippen LogP contribution in [0.3, 0.4) is 0 Å². The third-order valence-electron chi connectivity index (χ3n) is 2.83. The lowest BCUT2D eigenvalue weighted by molar-refractivity contribution is -0.138. The molecule has 0 radical (unpaired) electrons. The fourth-order valence-electron chi connectivity index (χ4n) is 1.96. The predicted molar refractivity (Wildman–Crippen MR) is 79.4 cm³/mol. The molecule has 0 saturated heterocycles. The molecule has 0 fully saturated rings. The van der Waals surface area contributed by atoms with Gasteiger partial charge < -0.3 is 5.32 Å². The van der Waals surface area contributed by atoms with Crippen LogP contribution >= 0.6 is 38.9 Å². The number of rotatable bonds is 3. The zero-order valence-electron chi connectivity index (χ0n) is 10.3. The summed E-state index contributed by atoms with van der Waals surface area (Å²) >= 11 is 10.4. The van der Waals surface area contributed by atoms with Crippen molar-refractivity contribution in [3.63, 3.8) is 0 Å². The molecule has 1 aromatic carbocycles. The van der Waals surface area contributed by atoms with Crippen molar-refractivity contribution in [1.29, 1.82) is 0 Å². The van der Waals surface area contributed by atoms with Crippen molar-refractivity contribution >= 4 is 38.9 Å². The number of hydrogen-bond donors (Lipinski definition) is 1. The molecule has 1 heterocycles. The van der Waals surface area contributed by atoms with Crippen molar-refractivity contribution in [3.05, 3.63) is 55.1 Å². The van der Waals surface area contributed by atoms with E-state index in [0.29, 0.717) is 14.4 Å². The lowest BCUT2D eigenvalue weighted by atomic mass is 9.99. The Balaban J connectivity index is 2.59. The highest BCUT2D eigenvalue weighted by molar-refractivity contribution is 9.10. The van der Waals surface area contributed by atoms with Gasteiger partial charge in [-0.2, -0.15) is 13.2 Å². The molecule has 0 bridgehead atoms. The highest BCUT2D eigenvalue weighted by atomic mass is 79.9. The van der Waals surface area contributed by atoms with Gasteiger partial charge in [-0.15, -0.1) is 11.3 Å². The number of alkyl halides is 3. The van der Waals surface area contributed by atoms with Gasteiger partial charge in [-0.05, 0) is 36.2 Å². The van der Waals surface area contributed by atoms with Gasteiger partial charge in [0, 0.05) is 9.35 Å².